The summed E-state index contributed by atoms with van der Waals surface area (Å²) in [6.07, 6.45) is 4.15. The standard InChI is InChI=1S/C16H28N6O2S/c1-21(2)16-19-14-10-17-7-6-13(14)15(20-16)18-9-12-5-4-8-22(11-12)25(3,23)24/h12,17H,4-11H2,1-3H3,(H,18,19,20). The van der Waals surface area contributed by atoms with E-state index >= 15 is 0 Å². The van der Waals surface area contributed by atoms with Gasteiger partial charge in [0.25, 0.3) is 0 Å². The molecule has 1 aromatic heterocycles. The first-order chi connectivity index (χ1) is 11.8. The van der Waals surface area contributed by atoms with Gasteiger partial charge in [-0.05, 0) is 31.7 Å². The fourth-order valence-electron chi connectivity index (χ4n) is 3.43. The molecule has 25 heavy (non-hydrogen) atoms. The summed E-state index contributed by atoms with van der Waals surface area (Å²) in [6.45, 7) is 3.64. The molecule has 0 spiro atoms. The van der Waals surface area contributed by atoms with Gasteiger partial charge >= 0.3 is 0 Å². The first kappa shape index (κ1) is 18.3. The summed E-state index contributed by atoms with van der Waals surface area (Å²) in [5.74, 6) is 1.90. The molecule has 2 aliphatic heterocycles. The van der Waals surface area contributed by atoms with E-state index in [1.165, 1.54) is 11.8 Å². The molecule has 0 saturated carbocycles. The fraction of sp³-hybridized carbons (Fsp3) is 0.750. The van der Waals surface area contributed by atoms with E-state index in [2.05, 4.69) is 20.6 Å². The largest absolute Gasteiger partial charge is 0.369 e. The van der Waals surface area contributed by atoms with E-state index < -0.39 is 10.0 Å². The number of piperidine rings is 1. The lowest BCUT2D eigenvalue weighted by Gasteiger charge is -2.31. The van der Waals surface area contributed by atoms with Gasteiger partial charge in [0.05, 0.1) is 11.9 Å². The number of rotatable bonds is 5. The number of nitrogens with zero attached hydrogens (tertiary/aromatic N) is 4. The lowest BCUT2D eigenvalue weighted by molar-refractivity contribution is 0.276. The van der Waals surface area contributed by atoms with Crippen molar-refractivity contribution in [1.29, 1.82) is 0 Å². The van der Waals surface area contributed by atoms with Crippen molar-refractivity contribution in [1.82, 2.24) is 19.6 Å². The van der Waals surface area contributed by atoms with Gasteiger partial charge < -0.3 is 15.5 Å². The zero-order valence-electron chi connectivity index (χ0n) is 15.2. The smallest absolute Gasteiger partial charge is 0.227 e. The maximum atomic E-state index is 11.8. The van der Waals surface area contributed by atoms with Crippen molar-refractivity contribution in [2.45, 2.75) is 25.8 Å². The Labute approximate surface area is 150 Å². The Kier molecular flexibility index (Phi) is 5.45. The second-order valence-electron chi connectivity index (χ2n) is 7.13. The molecule has 0 bridgehead atoms. The van der Waals surface area contributed by atoms with Crippen molar-refractivity contribution in [3.63, 3.8) is 0 Å². The zero-order valence-corrected chi connectivity index (χ0v) is 16.1. The van der Waals surface area contributed by atoms with Crippen LogP contribution in [0.4, 0.5) is 11.8 Å². The number of hydrogen-bond donors (Lipinski definition) is 2. The highest BCUT2D eigenvalue weighted by Gasteiger charge is 2.26. The van der Waals surface area contributed by atoms with Gasteiger partial charge in [-0.3, -0.25) is 0 Å². The normalized spacial score (nSPS) is 21.6. The quantitative estimate of drug-likeness (QED) is 0.771. The van der Waals surface area contributed by atoms with Crippen molar-refractivity contribution >= 4 is 21.8 Å². The van der Waals surface area contributed by atoms with Gasteiger partial charge in [-0.2, -0.15) is 4.98 Å². The highest BCUT2D eigenvalue weighted by atomic mass is 32.2. The van der Waals surface area contributed by atoms with Gasteiger partial charge in [0.1, 0.15) is 5.82 Å². The minimum Gasteiger partial charge on any atom is -0.369 e. The highest BCUT2D eigenvalue weighted by Crippen LogP contribution is 2.24. The molecule has 1 fully saturated rings. The highest BCUT2D eigenvalue weighted by molar-refractivity contribution is 7.88. The molecule has 1 saturated heterocycles. The van der Waals surface area contributed by atoms with Crippen LogP contribution in [0.2, 0.25) is 0 Å². The van der Waals surface area contributed by atoms with Crippen LogP contribution in [0.1, 0.15) is 24.1 Å². The van der Waals surface area contributed by atoms with Crippen LogP contribution in [-0.2, 0) is 23.0 Å². The average molecular weight is 369 g/mol. The summed E-state index contributed by atoms with van der Waals surface area (Å²) in [5.41, 5.74) is 2.23. The lowest BCUT2D eigenvalue weighted by atomic mass is 9.99. The molecule has 8 nitrogen and oxygen atoms in total. The summed E-state index contributed by atoms with van der Waals surface area (Å²) in [6, 6.07) is 0. The summed E-state index contributed by atoms with van der Waals surface area (Å²) in [4.78, 5) is 11.2. The zero-order chi connectivity index (χ0) is 18.0. The Morgan fingerprint density at radius 3 is 2.88 bits per heavy atom. The van der Waals surface area contributed by atoms with E-state index in [1.54, 1.807) is 4.31 Å². The van der Waals surface area contributed by atoms with Crippen LogP contribution < -0.4 is 15.5 Å². The van der Waals surface area contributed by atoms with E-state index in [0.29, 0.717) is 25.0 Å². The van der Waals surface area contributed by atoms with Crippen LogP contribution in [-0.4, -0.2) is 69.2 Å². The topological polar surface area (TPSA) is 90.5 Å². The number of fused-ring (bicyclic) bond motifs is 1. The van der Waals surface area contributed by atoms with Gasteiger partial charge in [-0.15, -0.1) is 0 Å². The molecule has 2 aliphatic rings. The molecule has 1 unspecified atom stereocenters. The van der Waals surface area contributed by atoms with Gasteiger partial charge in [-0.1, -0.05) is 0 Å². The number of sulfonamides is 1. The summed E-state index contributed by atoms with van der Waals surface area (Å²) < 4.78 is 25.2. The molecular weight excluding hydrogens is 340 g/mol. The fourth-order valence-corrected chi connectivity index (χ4v) is 4.37. The van der Waals surface area contributed by atoms with E-state index in [9.17, 15) is 8.42 Å². The first-order valence-corrected chi connectivity index (χ1v) is 10.7. The van der Waals surface area contributed by atoms with Gasteiger partial charge in [0.2, 0.25) is 16.0 Å². The summed E-state index contributed by atoms with van der Waals surface area (Å²) in [7, 11) is 0.766. The Balaban J connectivity index is 1.73. The van der Waals surface area contributed by atoms with Crippen LogP contribution in [0.25, 0.3) is 0 Å². The third-order valence-electron chi connectivity index (χ3n) is 4.83. The van der Waals surface area contributed by atoms with Crippen molar-refractivity contribution < 1.29 is 8.42 Å². The third kappa shape index (κ3) is 4.39. The van der Waals surface area contributed by atoms with Crippen LogP contribution in [0.15, 0.2) is 0 Å². The Bertz CT molecular complexity index is 722. The molecule has 0 aliphatic carbocycles. The van der Waals surface area contributed by atoms with E-state index in [1.807, 2.05) is 19.0 Å². The molecule has 140 valence electrons. The molecule has 0 amide bonds. The van der Waals surface area contributed by atoms with Crippen molar-refractivity contribution in [3.8, 4) is 0 Å². The number of aromatic nitrogens is 2. The average Bonchev–Trinajstić information content (AvgIpc) is 2.59. The Morgan fingerprint density at radius 1 is 1.36 bits per heavy atom. The lowest BCUT2D eigenvalue weighted by Crippen LogP contribution is -2.41. The Hall–Kier alpha value is -1.45. The molecular formula is C16H28N6O2S. The van der Waals surface area contributed by atoms with Gasteiger partial charge in [0, 0.05) is 45.8 Å². The van der Waals surface area contributed by atoms with Crippen LogP contribution >= 0.6 is 0 Å². The maximum absolute atomic E-state index is 11.8. The molecule has 9 heteroatoms. The monoisotopic (exact) mass is 368 g/mol. The number of nitrogens with one attached hydrogen (secondary N) is 2. The molecule has 1 aromatic rings. The van der Waals surface area contributed by atoms with Crippen LogP contribution in [0, 0.1) is 5.92 Å². The van der Waals surface area contributed by atoms with Gasteiger partial charge in [-0.25, -0.2) is 17.7 Å². The van der Waals surface area contributed by atoms with Crippen LogP contribution in [0.3, 0.4) is 0 Å². The molecule has 3 rings (SSSR count). The Morgan fingerprint density at radius 2 is 2.16 bits per heavy atom. The molecule has 2 N–H and O–H groups in total. The number of hydrogen-bond acceptors (Lipinski definition) is 7. The van der Waals surface area contributed by atoms with Crippen LogP contribution in [0.5, 0.6) is 0 Å². The molecule has 0 radical (unpaired) electrons. The second kappa shape index (κ2) is 7.43. The van der Waals surface area contributed by atoms with E-state index in [4.69, 9.17) is 0 Å². The van der Waals surface area contributed by atoms with Crippen molar-refractivity contribution in [2.75, 3.05) is 56.7 Å². The second-order valence-corrected chi connectivity index (χ2v) is 9.11. The SMILES string of the molecule is CN(C)c1nc2c(c(NCC3CCCN(S(C)(=O)=O)C3)n1)CCNC2. The minimum absolute atomic E-state index is 0.304. The minimum atomic E-state index is -3.11. The predicted octanol–water partition coefficient (Wildman–Crippen LogP) is 0.272. The molecule has 0 aromatic carbocycles. The third-order valence-corrected chi connectivity index (χ3v) is 6.10. The molecule has 3 heterocycles. The first-order valence-electron chi connectivity index (χ1n) is 8.81. The van der Waals surface area contributed by atoms with Crippen molar-refractivity contribution in [2.24, 2.45) is 5.92 Å². The summed E-state index contributed by atoms with van der Waals surface area (Å²) in [5, 5.41) is 6.83. The summed E-state index contributed by atoms with van der Waals surface area (Å²) >= 11 is 0. The van der Waals surface area contributed by atoms with E-state index in [0.717, 1.165) is 50.4 Å². The van der Waals surface area contributed by atoms with Crippen molar-refractivity contribution in [3.05, 3.63) is 11.3 Å². The van der Waals surface area contributed by atoms with E-state index in [-0.39, 0.29) is 0 Å². The molecule has 1 atom stereocenters. The number of anilines is 2. The maximum Gasteiger partial charge on any atom is 0.227 e. The predicted molar refractivity (Wildman–Crippen MR) is 99.4 cm³/mol. The van der Waals surface area contributed by atoms with Gasteiger partial charge in [0.15, 0.2) is 0 Å².